The fraction of sp³-hybridized carbons (Fsp3) is 0.250. The second-order valence-corrected chi connectivity index (χ2v) is 4.77. The molecule has 2 rings (SSSR count). The Hall–Kier alpha value is -2.07. The number of methoxy groups -OCH3 is 2. The predicted molar refractivity (Wildman–Crippen MR) is 85.0 cm³/mol. The Balaban J connectivity index is 1.84. The van der Waals surface area contributed by atoms with Gasteiger partial charge in [-0.25, -0.2) is 0 Å². The molecule has 21 heavy (non-hydrogen) atoms. The van der Waals surface area contributed by atoms with Crippen molar-refractivity contribution in [2.75, 3.05) is 32.7 Å². The lowest BCUT2D eigenvalue weighted by atomic mass is 10.3. The third kappa shape index (κ3) is 4.76. The number of nitrogens with one attached hydrogen (secondary N) is 1. The normalized spacial score (nSPS) is 10.0. The molecule has 2 aromatic carbocycles. The van der Waals surface area contributed by atoms with Crippen LogP contribution in [-0.4, -0.2) is 27.4 Å². The summed E-state index contributed by atoms with van der Waals surface area (Å²) in [7, 11) is 3.22. The highest BCUT2D eigenvalue weighted by Crippen LogP contribution is 2.27. The maximum absolute atomic E-state index is 5.83. The van der Waals surface area contributed by atoms with E-state index in [1.807, 2.05) is 36.4 Å². The fourth-order valence-electron chi connectivity index (χ4n) is 1.80. The standard InChI is InChI=1S/C16H18ClNO3/c1-19-14-9-15(20-2)11-16(10-14)21-8-7-18-13-5-3-12(17)4-6-13/h3-6,9-11,18H,7-8H2,1-2H3. The van der Waals surface area contributed by atoms with E-state index in [2.05, 4.69) is 5.32 Å². The Bertz CT molecular complexity index is 550. The van der Waals surface area contributed by atoms with E-state index in [4.69, 9.17) is 25.8 Å². The maximum Gasteiger partial charge on any atom is 0.126 e. The summed E-state index contributed by atoms with van der Waals surface area (Å²) in [6.45, 7) is 1.21. The first kappa shape index (κ1) is 15.3. The highest BCUT2D eigenvalue weighted by molar-refractivity contribution is 6.30. The van der Waals surface area contributed by atoms with Crippen LogP contribution >= 0.6 is 11.6 Å². The molecule has 0 radical (unpaired) electrons. The Kier molecular flexibility index (Phi) is 5.58. The molecule has 0 saturated heterocycles. The van der Waals surface area contributed by atoms with Crippen LogP contribution in [0.15, 0.2) is 42.5 Å². The summed E-state index contributed by atoms with van der Waals surface area (Å²) in [4.78, 5) is 0. The molecule has 0 aliphatic carbocycles. The first-order valence-corrected chi connectivity index (χ1v) is 6.94. The monoisotopic (exact) mass is 307 g/mol. The zero-order valence-corrected chi connectivity index (χ0v) is 12.8. The van der Waals surface area contributed by atoms with Crippen LogP contribution in [0.25, 0.3) is 0 Å². The molecule has 0 bridgehead atoms. The van der Waals surface area contributed by atoms with E-state index in [0.717, 1.165) is 10.7 Å². The molecule has 0 unspecified atom stereocenters. The van der Waals surface area contributed by atoms with Crippen LogP contribution in [0.3, 0.4) is 0 Å². The van der Waals surface area contributed by atoms with Crippen molar-refractivity contribution in [2.24, 2.45) is 0 Å². The summed E-state index contributed by atoms with van der Waals surface area (Å²) in [6.07, 6.45) is 0. The molecule has 2 aromatic rings. The molecule has 0 atom stereocenters. The van der Waals surface area contributed by atoms with Crippen LogP contribution in [0.1, 0.15) is 0 Å². The van der Waals surface area contributed by atoms with Crippen LogP contribution < -0.4 is 19.5 Å². The van der Waals surface area contributed by atoms with Gasteiger partial charge in [0.1, 0.15) is 23.9 Å². The highest BCUT2D eigenvalue weighted by Gasteiger charge is 2.02. The minimum Gasteiger partial charge on any atom is -0.496 e. The van der Waals surface area contributed by atoms with Crippen LogP contribution in [0, 0.1) is 0 Å². The number of anilines is 1. The van der Waals surface area contributed by atoms with Crippen LogP contribution in [0.4, 0.5) is 5.69 Å². The molecule has 0 saturated carbocycles. The molecule has 4 nitrogen and oxygen atoms in total. The largest absolute Gasteiger partial charge is 0.496 e. The van der Waals surface area contributed by atoms with Gasteiger partial charge in [0.2, 0.25) is 0 Å². The lowest BCUT2D eigenvalue weighted by Crippen LogP contribution is -2.11. The average molecular weight is 308 g/mol. The van der Waals surface area contributed by atoms with Gasteiger partial charge in [0.25, 0.3) is 0 Å². The molecule has 112 valence electrons. The number of halogens is 1. The van der Waals surface area contributed by atoms with Gasteiger partial charge in [-0.3, -0.25) is 0 Å². The first-order chi connectivity index (χ1) is 10.2. The SMILES string of the molecule is COc1cc(OC)cc(OCCNc2ccc(Cl)cc2)c1. The van der Waals surface area contributed by atoms with Gasteiger partial charge in [0.15, 0.2) is 0 Å². The van der Waals surface area contributed by atoms with Gasteiger partial charge in [-0.1, -0.05) is 11.6 Å². The zero-order chi connectivity index (χ0) is 15.1. The minimum absolute atomic E-state index is 0.527. The van der Waals surface area contributed by atoms with E-state index < -0.39 is 0 Å². The lowest BCUT2D eigenvalue weighted by molar-refractivity contribution is 0.324. The van der Waals surface area contributed by atoms with Crippen molar-refractivity contribution >= 4 is 17.3 Å². The predicted octanol–water partition coefficient (Wildman–Crippen LogP) is 3.85. The number of rotatable bonds is 7. The molecule has 0 aromatic heterocycles. The minimum atomic E-state index is 0.527. The Morgan fingerprint density at radius 2 is 1.48 bits per heavy atom. The summed E-state index contributed by atoms with van der Waals surface area (Å²) in [6, 6.07) is 13.0. The van der Waals surface area contributed by atoms with Gasteiger partial charge < -0.3 is 19.5 Å². The van der Waals surface area contributed by atoms with Crippen molar-refractivity contribution in [2.45, 2.75) is 0 Å². The molecular formula is C16H18ClNO3. The maximum atomic E-state index is 5.83. The van der Waals surface area contributed by atoms with E-state index in [1.54, 1.807) is 20.3 Å². The summed E-state index contributed by atoms with van der Waals surface area (Å²) in [5.74, 6) is 2.12. The Morgan fingerprint density at radius 1 is 0.905 bits per heavy atom. The summed E-state index contributed by atoms with van der Waals surface area (Å²) < 4.78 is 16.1. The topological polar surface area (TPSA) is 39.7 Å². The summed E-state index contributed by atoms with van der Waals surface area (Å²) in [5.41, 5.74) is 1.01. The van der Waals surface area contributed by atoms with Crippen molar-refractivity contribution in [1.29, 1.82) is 0 Å². The van der Waals surface area contributed by atoms with E-state index in [0.29, 0.717) is 30.4 Å². The highest BCUT2D eigenvalue weighted by atomic mass is 35.5. The second-order valence-electron chi connectivity index (χ2n) is 4.33. The quantitative estimate of drug-likeness (QED) is 0.789. The van der Waals surface area contributed by atoms with Gasteiger partial charge in [0, 0.05) is 35.5 Å². The van der Waals surface area contributed by atoms with Gasteiger partial charge >= 0.3 is 0 Å². The molecule has 0 aliphatic heterocycles. The van der Waals surface area contributed by atoms with Crippen molar-refractivity contribution in [1.82, 2.24) is 0 Å². The van der Waals surface area contributed by atoms with Crippen molar-refractivity contribution in [3.8, 4) is 17.2 Å². The van der Waals surface area contributed by atoms with Gasteiger partial charge in [-0.05, 0) is 24.3 Å². The smallest absolute Gasteiger partial charge is 0.126 e. The molecule has 0 spiro atoms. The number of ether oxygens (including phenoxy) is 3. The van der Waals surface area contributed by atoms with E-state index in [-0.39, 0.29) is 0 Å². The first-order valence-electron chi connectivity index (χ1n) is 6.56. The van der Waals surface area contributed by atoms with Crippen LogP contribution in [-0.2, 0) is 0 Å². The molecular weight excluding hydrogens is 290 g/mol. The van der Waals surface area contributed by atoms with Gasteiger partial charge in [-0.2, -0.15) is 0 Å². The third-order valence-electron chi connectivity index (χ3n) is 2.87. The average Bonchev–Trinajstić information content (AvgIpc) is 2.53. The molecule has 0 aliphatic rings. The lowest BCUT2D eigenvalue weighted by Gasteiger charge is -2.11. The van der Waals surface area contributed by atoms with Crippen LogP contribution in [0.5, 0.6) is 17.2 Å². The van der Waals surface area contributed by atoms with Gasteiger partial charge in [0.05, 0.1) is 14.2 Å². The van der Waals surface area contributed by atoms with Crippen molar-refractivity contribution < 1.29 is 14.2 Å². The molecule has 0 amide bonds. The number of hydrogen-bond acceptors (Lipinski definition) is 4. The summed E-state index contributed by atoms with van der Waals surface area (Å²) >= 11 is 5.83. The van der Waals surface area contributed by atoms with E-state index in [9.17, 15) is 0 Å². The van der Waals surface area contributed by atoms with Crippen LogP contribution in [0.2, 0.25) is 5.02 Å². The molecule has 0 fully saturated rings. The van der Waals surface area contributed by atoms with E-state index in [1.165, 1.54) is 0 Å². The summed E-state index contributed by atoms with van der Waals surface area (Å²) in [5, 5.41) is 3.98. The number of benzene rings is 2. The number of hydrogen-bond donors (Lipinski definition) is 1. The van der Waals surface area contributed by atoms with Gasteiger partial charge in [-0.15, -0.1) is 0 Å². The van der Waals surface area contributed by atoms with Crippen molar-refractivity contribution in [3.05, 3.63) is 47.5 Å². The Labute approximate surface area is 129 Å². The molecule has 0 heterocycles. The molecule has 1 N–H and O–H groups in total. The second kappa shape index (κ2) is 7.64. The zero-order valence-electron chi connectivity index (χ0n) is 12.1. The van der Waals surface area contributed by atoms with Crippen molar-refractivity contribution in [3.63, 3.8) is 0 Å². The van der Waals surface area contributed by atoms with E-state index >= 15 is 0 Å². The molecule has 5 heteroatoms. The third-order valence-corrected chi connectivity index (χ3v) is 3.12. The Morgan fingerprint density at radius 3 is 2.05 bits per heavy atom. The fourth-order valence-corrected chi connectivity index (χ4v) is 1.92.